The molecule has 0 bridgehead atoms. The average Bonchev–Trinajstić information content (AvgIpc) is 3.21. The summed E-state index contributed by atoms with van der Waals surface area (Å²) in [5.41, 5.74) is 1.46. The van der Waals surface area contributed by atoms with Crippen molar-refractivity contribution in [2.45, 2.75) is 174 Å². The molecule has 0 spiro atoms. The lowest BCUT2D eigenvalue weighted by molar-refractivity contribution is -0.870. The van der Waals surface area contributed by atoms with Gasteiger partial charge in [0.2, 0.25) is 0 Å². The molecule has 2 rings (SSSR count). The van der Waals surface area contributed by atoms with Gasteiger partial charge in [-0.15, -0.1) is 0 Å². The van der Waals surface area contributed by atoms with Gasteiger partial charge in [-0.05, 0) is 41.8 Å². The Kier molecular flexibility index (Phi) is 28.4. The number of fused-ring (bicyclic) bond motifs is 1. The smallest absolute Gasteiger partial charge is 0.326 e. The molecular formula is C49H83N2O9P. The summed E-state index contributed by atoms with van der Waals surface area (Å²) in [7, 11) is 2.77. The standard InChI is InChI=1S/C49H83N2O9P/c1-7-9-11-13-15-17-18-19-20-22-24-26-28-30-48(53)57-40-46(41-59-61(55,56)58-36-35-51(4,5)6)60-49(54)39-50(3)45-34-33-42-37-44(32-31-43(42)38-45)47(52)29-27-25-23-21-16-14-12-10-8-2/h31-34,37-38,46H,7-30,35-36,39-41H2,1-6H3. The molecule has 2 unspecified atom stereocenters. The number of phosphoric acid groups is 1. The van der Waals surface area contributed by atoms with E-state index < -0.39 is 32.5 Å². The van der Waals surface area contributed by atoms with Gasteiger partial charge in [-0.25, -0.2) is 0 Å². The van der Waals surface area contributed by atoms with E-state index in [2.05, 4.69) is 13.8 Å². The molecule has 0 saturated carbocycles. The lowest BCUT2D eigenvalue weighted by Crippen LogP contribution is -2.38. The topological polar surface area (TPSA) is 132 Å². The van der Waals surface area contributed by atoms with Crippen molar-refractivity contribution >= 4 is 42.0 Å². The minimum atomic E-state index is -4.71. The molecule has 348 valence electrons. The number of Topliss-reactive ketones (excluding diaryl/α,β-unsaturated/α-hetero) is 1. The molecule has 0 aliphatic rings. The van der Waals surface area contributed by atoms with Gasteiger partial charge in [0.15, 0.2) is 11.9 Å². The molecule has 0 heterocycles. The molecule has 0 aromatic heterocycles. The second-order valence-corrected chi connectivity index (χ2v) is 19.4. The predicted octanol–water partition coefficient (Wildman–Crippen LogP) is 11.5. The Labute approximate surface area is 369 Å². The molecule has 0 aliphatic carbocycles. The lowest BCUT2D eigenvalue weighted by atomic mass is 10.00. The van der Waals surface area contributed by atoms with Gasteiger partial charge >= 0.3 is 11.9 Å². The second kappa shape index (κ2) is 31.9. The van der Waals surface area contributed by atoms with Crippen molar-refractivity contribution in [1.29, 1.82) is 0 Å². The lowest BCUT2D eigenvalue weighted by Gasteiger charge is -2.28. The minimum absolute atomic E-state index is 0.0730. The number of likely N-dealkylation sites (N-methyl/N-ethyl adjacent to an activating group) is 2. The molecule has 2 atom stereocenters. The molecular weight excluding hydrogens is 792 g/mol. The Morgan fingerprint density at radius 3 is 1.67 bits per heavy atom. The zero-order chi connectivity index (χ0) is 44.8. The normalized spacial score (nSPS) is 13.2. The number of hydrogen-bond donors (Lipinski definition) is 0. The van der Waals surface area contributed by atoms with Crippen molar-refractivity contribution in [3.63, 3.8) is 0 Å². The number of ketones is 1. The number of carbonyl (C=O) groups is 3. The van der Waals surface area contributed by atoms with Gasteiger partial charge in [0.25, 0.3) is 7.82 Å². The van der Waals surface area contributed by atoms with Gasteiger partial charge < -0.3 is 32.8 Å². The molecule has 2 aromatic carbocycles. The summed E-state index contributed by atoms with van der Waals surface area (Å²) in [5.74, 6) is -0.926. The average molecular weight is 875 g/mol. The Hall–Kier alpha value is -2.82. The van der Waals surface area contributed by atoms with Gasteiger partial charge in [-0.1, -0.05) is 160 Å². The zero-order valence-electron chi connectivity index (χ0n) is 39.1. The van der Waals surface area contributed by atoms with Gasteiger partial charge in [-0.2, -0.15) is 0 Å². The highest BCUT2D eigenvalue weighted by Gasteiger charge is 2.23. The van der Waals surface area contributed by atoms with Crippen LogP contribution in [0.5, 0.6) is 0 Å². The fourth-order valence-corrected chi connectivity index (χ4v) is 7.92. The van der Waals surface area contributed by atoms with Crippen molar-refractivity contribution < 1.29 is 46.8 Å². The monoisotopic (exact) mass is 875 g/mol. The van der Waals surface area contributed by atoms with E-state index in [0.717, 1.165) is 48.6 Å². The van der Waals surface area contributed by atoms with E-state index >= 15 is 0 Å². The van der Waals surface area contributed by atoms with Gasteiger partial charge in [0.1, 0.15) is 26.3 Å². The van der Waals surface area contributed by atoms with E-state index in [1.807, 2.05) is 57.5 Å². The van der Waals surface area contributed by atoms with Crippen molar-refractivity contribution in [2.75, 3.05) is 66.0 Å². The number of benzene rings is 2. The summed E-state index contributed by atoms with van der Waals surface area (Å²) in [6.45, 7) is 3.78. The number of nitrogens with zero attached hydrogens (tertiary/aromatic N) is 2. The molecule has 2 aromatic rings. The first kappa shape index (κ1) is 54.3. The Morgan fingerprint density at radius 2 is 1.13 bits per heavy atom. The fraction of sp³-hybridized carbons (Fsp3) is 0.735. The maximum absolute atomic E-state index is 13.2. The summed E-state index contributed by atoms with van der Waals surface area (Å²) in [4.78, 5) is 53.1. The first-order valence-corrected chi connectivity index (χ1v) is 25.2. The van der Waals surface area contributed by atoms with Crippen LogP contribution < -0.4 is 9.79 Å². The summed E-state index contributed by atoms with van der Waals surface area (Å²) in [6, 6.07) is 11.5. The molecule has 0 amide bonds. The Bertz CT molecular complexity index is 1560. The number of quaternary nitrogens is 1. The molecule has 61 heavy (non-hydrogen) atoms. The molecule has 0 aliphatic heterocycles. The van der Waals surface area contributed by atoms with E-state index in [1.54, 1.807) is 11.9 Å². The third-order valence-electron chi connectivity index (χ3n) is 11.1. The van der Waals surface area contributed by atoms with Crippen molar-refractivity contribution in [3.05, 3.63) is 42.0 Å². The summed E-state index contributed by atoms with van der Waals surface area (Å²) in [5, 5.41) is 1.86. The first-order valence-electron chi connectivity index (χ1n) is 23.8. The molecule has 0 N–H and O–H groups in total. The van der Waals surface area contributed by atoms with E-state index in [0.29, 0.717) is 29.4 Å². The Morgan fingerprint density at radius 1 is 0.639 bits per heavy atom. The third kappa shape index (κ3) is 27.1. The van der Waals surface area contributed by atoms with Crippen LogP contribution in [0.25, 0.3) is 10.8 Å². The maximum Gasteiger partial charge on any atom is 0.326 e. The number of esters is 2. The van der Waals surface area contributed by atoms with Crippen LogP contribution in [0.2, 0.25) is 0 Å². The van der Waals surface area contributed by atoms with Crippen LogP contribution in [0, 0.1) is 0 Å². The zero-order valence-corrected chi connectivity index (χ0v) is 40.0. The van der Waals surface area contributed by atoms with Gasteiger partial charge in [0, 0.05) is 31.1 Å². The molecule has 0 fully saturated rings. The first-order chi connectivity index (χ1) is 29.2. The number of rotatable bonds is 38. The number of carbonyl (C=O) groups excluding carboxylic acids is 3. The molecule has 0 radical (unpaired) electrons. The van der Waals surface area contributed by atoms with E-state index in [1.165, 1.54) is 103 Å². The van der Waals surface area contributed by atoms with E-state index in [9.17, 15) is 23.8 Å². The second-order valence-electron chi connectivity index (χ2n) is 18.0. The van der Waals surface area contributed by atoms with Crippen LogP contribution in [0.4, 0.5) is 5.69 Å². The fourth-order valence-electron chi connectivity index (χ4n) is 7.19. The van der Waals surface area contributed by atoms with Crippen molar-refractivity contribution in [2.24, 2.45) is 0 Å². The summed E-state index contributed by atoms with van der Waals surface area (Å²) >= 11 is 0. The van der Waals surface area contributed by atoms with Crippen molar-refractivity contribution in [3.8, 4) is 0 Å². The number of anilines is 1. The van der Waals surface area contributed by atoms with Crippen molar-refractivity contribution in [1.82, 2.24) is 0 Å². The van der Waals surface area contributed by atoms with Crippen LogP contribution in [0.1, 0.15) is 178 Å². The number of phosphoric ester groups is 1. The third-order valence-corrected chi connectivity index (χ3v) is 12.1. The van der Waals surface area contributed by atoms with Crippen LogP contribution in [0.3, 0.4) is 0 Å². The highest BCUT2D eigenvalue weighted by atomic mass is 31.2. The van der Waals surface area contributed by atoms with Gasteiger partial charge in [0.05, 0.1) is 27.7 Å². The Balaban J connectivity index is 1.86. The highest BCUT2D eigenvalue weighted by molar-refractivity contribution is 7.45. The van der Waals surface area contributed by atoms with Crippen LogP contribution in [-0.4, -0.2) is 89.4 Å². The number of unbranched alkanes of at least 4 members (excludes halogenated alkanes) is 20. The van der Waals surface area contributed by atoms with Gasteiger partial charge in [-0.3, -0.25) is 18.9 Å². The van der Waals surface area contributed by atoms with Crippen LogP contribution in [-0.2, 0) is 32.7 Å². The SMILES string of the molecule is CCCCCCCCCCCCCCCC(=O)OCC(COP(=O)([O-])OCC[N+](C)(C)C)OC(=O)CN(C)c1ccc2cc(C(=O)CCCCCCCCCCC)ccc2c1. The highest BCUT2D eigenvalue weighted by Crippen LogP contribution is 2.38. The molecule has 0 saturated heterocycles. The summed E-state index contributed by atoms with van der Waals surface area (Å²) in [6.07, 6.45) is 26.1. The predicted molar refractivity (Wildman–Crippen MR) is 247 cm³/mol. The maximum atomic E-state index is 13.2. The molecule has 11 nitrogen and oxygen atoms in total. The van der Waals surface area contributed by atoms with E-state index in [-0.39, 0.29) is 32.0 Å². The van der Waals surface area contributed by atoms with Crippen LogP contribution in [0.15, 0.2) is 36.4 Å². The van der Waals surface area contributed by atoms with E-state index in [4.69, 9.17) is 18.5 Å². The largest absolute Gasteiger partial charge is 0.756 e. The van der Waals surface area contributed by atoms with Crippen LogP contribution >= 0.6 is 7.82 Å². The number of ether oxygens (including phenoxy) is 2. The summed E-state index contributed by atoms with van der Waals surface area (Å²) < 4.78 is 34.3. The minimum Gasteiger partial charge on any atom is -0.756 e. The quantitative estimate of drug-likeness (QED) is 0.0211. The molecule has 12 heteroatoms. The number of hydrogen-bond acceptors (Lipinski definition) is 10.